The molecule has 2 N–H and O–H groups in total. The van der Waals surface area contributed by atoms with E-state index in [1.54, 1.807) is 6.07 Å². The Labute approximate surface area is 125 Å². The SMILES string of the molecule is CC(C)C1c2ccc(F)cc2OCC1(O)CCNC1CC1. The maximum Gasteiger partial charge on any atom is 0.126 e. The Balaban J connectivity index is 1.81. The fourth-order valence-corrected chi connectivity index (χ4v) is 3.46. The first kappa shape index (κ1) is 14.8. The normalized spacial score (nSPS) is 28.3. The van der Waals surface area contributed by atoms with Gasteiger partial charge in [-0.15, -0.1) is 0 Å². The lowest BCUT2D eigenvalue weighted by atomic mass is 9.72. The van der Waals surface area contributed by atoms with Gasteiger partial charge in [-0.05, 0) is 37.8 Å². The van der Waals surface area contributed by atoms with Gasteiger partial charge in [0.2, 0.25) is 0 Å². The van der Waals surface area contributed by atoms with E-state index in [1.165, 1.54) is 25.0 Å². The molecule has 2 atom stereocenters. The first-order valence-corrected chi connectivity index (χ1v) is 7.87. The summed E-state index contributed by atoms with van der Waals surface area (Å²) in [7, 11) is 0. The molecule has 1 aliphatic carbocycles. The minimum atomic E-state index is -0.888. The van der Waals surface area contributed by atoms with Gasteiger partial charge in [-0.1, -0.05) is 19.9 Å². The molecule has 21 heavy (non-hydrogen) atoms. The van der Waals surface area contributed by atoms with E-state index < -0.39 is 5.60 Å². The summed E-state index contributed by atoms with van der Waals surface area (Å²) in [5, 5.41) is 14.5. The van der Waals surface area contributed by atoms with Crippen LogP contribution in [0.2, 0.25) is 0 Å². The highest BCUT2D eigenvalue weighted by Crippen LogP contribution is 2.45. The molecule has 0 saturated heterocycles. The summed E-state index contributed by atoms with van der Waals surface area (Å²) in [6.07, 6.45) is 3.14. The molecule has 0 spiro atoms. The van der Waals surface area contributed by atoms with Crippen LogP contribution in [0.15, 0.2) is 18.2 Å². The minimum Gasteiger partial charge on any atom is -0.490 e. The van der Waals surface area contributed by atoms with Crippen LogP contribution in [0, 0.1) is 11.7 Å². The Hall–Kier alpha value is -1.13. The van der Waals surface area contributed by atoms with E-state index >= 15 is 0 Å². The zero-order chi connectivity index (χ0) is 15.0. The van der Waals surface area contributed by atoms with Crippen LogP contribution in [-0.4, -0.2) is 29.9 Å². The lowest BCUT2D eigenvalue weighted by Gasteiger charge is -2.43. The first-order valence-electron chi connectivity index (χ1n) is 7.87. The smallest absolute Gasteiger partial charge is 0.126 e. The number of halogens is 1. The Bertz CT molecular complexity index is 516. The fourth-order valence-electron chi connectivity index (χ4n) is 3.46. The molecule has 0 amide bonds. The number of benzene rings is 1. The van der Waals surface area contributed by atoms with E-state index in [4.69, 9.17) is 4.74 Å². The van der Waals surface area contributed by atoms with Gasteiger partial charge in [0.15, 0.2) is 0 Å². The summed E-state index contributed by atoms with van der Waals surface area (Å²) < 4.78 is 19.0. The van der Waals surface area contributed by atoms with Gasteiger partial charge in [-0.25, -0.2) is 4.39 Å². The highest BCUT2D eigenvalue weighted by Gasteiger charge is 2.44. The van der Waals surface area contributed by atoms with E-state index in [-0.39, 0.29) is 24.3 Å². The highest BCUT2D eigenvalue weighted by molar-refractivity contribution is 5.41. The van der Waals surface area contributed by atoms with Crippen molar-refractivity contribution in [1.82, 2.24) is 5.32 Å². The minimum absolute atomic E-state index is 0.0251. The molecule has 116 valence electrons. The summed E-state index contributed by atoms with van der Waals surface area (Å²) >= 11 is 0. The molecule has 3 rings (SSSR count). The molecule has 2 unspecified atom stereocenters. The average molecular weight is 293 g/mol. The third-order valence-corrected chi connectivity index (χ3v) is 4.60. The fraction of sp³-hybridized carbons (Fsp3) is 0.647. The second kappa shape index (κ2) is 5.58. The van der Waals surface area contributed by atoms with Crippen LogP contribution in [0.5, 0.6) is 5.75 Å². The Kier molecular flexibility index (Phi) is 3.93. The average Bonchev–Trinajstić information content (AvgIpc) is 3.22. The van der Waals surface area contributed by atoms with Crippen molar-refractivity contribution < 1.29 is 14.2 Å². The monoisotopic (exact) mass is 293 g/mol. The van der Waals surface area contributed by atoms with Crippen LogP contribution in [0.4, 0.5) is 4.39 Å². The van der Waals surface area contributed by atoms with Gasteiger partial charge in [0, 0.05) is 23.6 Å². The predicted octanol–water partition coefficient (Wildman–Crippen LogP) is 2.83. The zero-order valence-electron chi connectivity index (χ0n) is 12.7. The molecule has 0 bridgehead atoms. The molecular weight excluding hydrogens is 269 g/mol. The van der Waals surface area contributed by atoms with Crippen LogP contribution in [-0.2, 0) is 0 Å². The van der Waals surface area contributed by atoms with E-state index in [0.717, 1.165) is 12.1 Å². The van der Waals surface area contributed by atoms with Gasteiger partial charge in [0.05, 0.1) is 0 Å². The maximum atomic E-state index is 13.4. The van der Waals surface area contributed by atoms with Gasteiger partial charge in [0.1, 0.15) is 23.8 Å². The Morgan fingerprint density at radius 3 is 2.86 bits per heavy atom. The van der Waals surface area contributed by atoms with Crippen molar-refractivity contribution in [2.45, 2.75) is 50.7 Å². The molecule has 1 fully saturated rings. The molecule has 2 aliphatic rings. The molecule has 4 heteroatoms. The van der Waals surface area contributed by atoms with Gasteiger partial charge in [-0.3, -0.25) is 0 Å². The van der Waals surface area contributed by atoms with E-state index in [9.17, 15) is 9.50 Å². The van der Waals surface area contributed by atoms with Crippen LogP contribution in [0.25, 0.3) is 0 Å². The van der Waals surface area contributed by atoms with E-state index in [2.05, 4.69) is 19.2 Å². The lowest BCUT2D eigenvalue weighted by Crippen LogP contribution is -2.49. The number of nitrogens with one attached hydrogen (secondary N) is 1. The lowest BCUT2D eigenvalue weighted by molar-refractivity contribution is -0.0596. The number of rotatable bonds is 5. The van der Waals surface area contributed by atoms with Crippen molar-refractivity contribution in [3.05, 3.63) is 29.6 Å². The maximum absolute atomic E-state index is 13.4. The molecule has 3 nitrogen and oxygen atoms in total. The second-order valence-corrected chi connectivity index (χ2v) is 6.77. The summed E-state index contributed by atoms with van der Waals surface area (Å²) in [5.74, 6) is 0.525. The van der Waals surface area contributed by atoms with Crippen LogP contribution in [0.3, 0.4) is 0 Å². The predicted molar refractivity (Wildman–Crippen MR) is 80.1 cm³/mol. The molecule has 0 aromatic heterocycles. The molecule has 0 radical (unpaired) electrons. The van der Waals surface area contributed by atoms with Crippen molar-refractivity contribution >= 4 is 0 Å². The number of fused-ring (bicyclic) bond motifs is 1. The summed E-state index contributed by atoms with van der Waals surface area (Å²) in [5.41, 5.74) is 0.0347. The second-order valence-electron chi connectivity index (χ2n) is 6.77. The number of ether oxygens (including phenoxy) is 1. The molecule has 1 aliphatic heterocycles. The van der Waals surface area contributed by atoms with E-state index in [0.29, 0.717) is 18.2 Å². The zero-order valence-corrected chi connectivity index (χ0v) is 12.7. The van der Waals surface area contributed by atoms with Crippen molar-refractivity contribution in [3.8, 4) is 5.75 Å². The standard InChI is InChI=1S/C17H24FNO2/c1-11(2)16-14-6-3-12(18)9-15(14)21-10-17(16,20)7-8-19-13-4-5-13/h3,6,9,11,13,16,19-20H,4-5,7-8,10H2,1-2H3. The largest absolute Gasteiger partial charge is 0.490 e. The van der Waals surface area contributed by atoms with E-state index in [1.807, 2.05) is 0 Å². The van der Waals surface area contributed by atoms with Crippen LogP contribution in [0.1, 0.15) is 44.6 Å². The quantitative estimate of drug-likeness (QED) is 0.877. The number of hydrogen-bond donors (Lipinski definition) is 2. The molecule has 1 heterocycles. The topological polar surface area (TPSA) is 41.5 Å². The van der Waals surface area contributed by atoms with Gasteiger partial charge >= 0.3 is 0 Å². The van der Waals surface area contributed by atoms with Crippen molar-refractivity contribution in [2.24, 2.45) is 5.92 Å². The Morgan fingerprint density at radius 2 is 2.19 bits per heavy atom. The van der Waals surface area contributed by atoms with Crippen molar-refractivity contribution in [1.29, 1.82) is 0 Å². The summed E-state index contributed by atoms with van der Waals surface area (Å²) in [4.78, 5) is 0. The number of aliphatic hydroxyl groups is 1. The highest BCUT2D eigenvalue weighted by atomic mass is 19.1. The summed E-state index contributed by atoms with van der Waals surface area (Å²) in [6.45, 7) is 5.23. The van der Waals surface area contributed by atoms with Gasteiger partial charge in [0.25, 0.3) is 0 Å². The summed E-state index contributed by atoms with van der Waals surface area (Å²) in [6, 6.07) is 5.27. The first-order chi connectivity index (χ1) is 9.99. The van der Waals surface area contributed by atoms with Gasteiger partial charge < -0.3 is 15.2 Å². The van der Waals surface area contributed by atoms with Crippen LogP contribution < -0.4 is 10.1 Å². The van der Waals surface area contributed by atoms with Crippen molar-refractivity contribution in [2.75, 3.05) is 13.2 Å². The molecule has 1 saturated carbocycles. The Morgan fingerprint density at radius 1 is 1.43 bits per heavy atom. The molecular formula is C17H24FNO2. The number of hydrogen-bond acceptors (Lipinski definition) is 3. The third-order valence-electron chi connectivity index (χ3n) is 4.60. The van der Waals surface area contributed by atoms with Crippen LogP contribution >= 0.6 is 0 Å². The third kappa shape index (κ3) is 3.06. The molecule has 1 aromatic rings. The van der Waals surface area contributed by atoms with Gasteiger partial charge in [-0.2, -0.15) is 0 Å². The molecule has 1 aromatic carbocycles. The van der Waals surface area contributed by atoms with Crippen molar-refractivity contribution in [3.63, 3.8) is 0 Å².